The van der Waals surface area contributed by atoms with Gasteiger partial charge in [0.25, 0.3) is 0 Å². The van der Waals surface area contributed by atoms with E-state index < -0.39 is 5.97 Å². The third kappa shape index (κ3) is 7.99. The van der Waals surface area contributed by atoms with Gasteiger partial charge >= 0.3 is 5.97 Å². The lowest BCUT2D eigenvalue weighted by Crippen LogP contribution is -2.45. The molecule has 6 nitrogen and oxygen atoms in total. The van der Waals surface area contributed by atoms with E-state index >= 15 is 0 Å². The molecule has 2 aromatic rings. The fourth-order valence-corrected chi connectivity index (χ4v) is 5.61. The van der Waals surface area contributed by atoms with Gasteiger partial charge in [-0.1, -0.05) is 73.5 Å². The van der Waals surface area contributed by atoms with Crippen molar-refractivity contribution in [3.63, 3.8) is 0 Å². The first-order valence-electron chi connectivity index (χ1n) is 13.8. The minimum absolute atomic E-state index is 0.0120. The quantitative estimate of drug-likeness (QED) is 0.366. The summed E-state index contributed by atoms with van der Waals surface area (Å²) in [6.07, 6.45) is 11.7. The average Bonchev–Trinajstić information content (AvgIpc) is 3.12. The average molecular weight is 508 g/mol. The van der Waals surface area contributed by atoms with Crippen LogP contribution in [0.1, 0.15) is 62.5 Å². The Bertz CT molecular complexity index is 997. The molecular weight excluding hydrogens is 466 g/mol. The van der Waals surface area contributed by atoms with Gasteiger partial charge in [-0.15, -0.1) is 0 Å². The highest BCUT2D eigenvalue weighted by Crippen LogP contribution is 2.32. The van der Waals surface area contributed by atoms with E-state index in [0.29, 0.717) is 25.7 Å². The summed E-state index contributed by atoms with van der Waals surface area (Å²) in [5.74, 6) is -0.776. The smallest absolute Gasteiger partial charge is 0.303 e. The molecule has 2 aromatic carbocycles. The number of aliphatic hydroxyl groups excluding tert-OH is 1. The van der Waals surface area contributed by atoms with Crippen molar-refractivity contribution < 1.29 is 24.5 Å². The second-order valence-corrected chi connectivity index (χ2v) is 10.2. The molecule has 0 unspecified atom stereocenters. The molecule has 1 saturated heterocycles. The standard InChI is InChI=1S/C31H41NO5/c33-22-26-10-5-6-11-27(26)25-15-13-24(14-16-25)23-37-29-18-17-28(32-19-7-1-2-8-20-32)31(29)36-21-9-3-4-12-30(34)35/h3,5-6,9-11,13-16,28-29,31,33H,1-2,4,7-8,12,17-23H2,(H,34,35)/b9-3-/t28-,29-,31+/m0/s1. The van der Waals surface area contributed by atoms with Crippen molar-refractivity contribution in [1.29, 1.82) is 0 Å². The van der Waals surface area contributed by atoms with Gasteiger partial charge in [-0.05, 0) is 67.4 Å². The number of benzene rings is 2. The van der Waals surface area contributed by atoms with Crippen LogP contribution in [0.25, 0.3) is 11.1 Å². The molecule has 4 rings (SSSR count). The number of hydrogen-bond donors (Lipinski definition) is 2. The van der Waals surface area contributed by atoms with Gasteiger partial charge in [0.15, 0.2) is 0 Å². The van der Waals surface area contributed by atoms with E-state index in [-0.39, 0.29) is 25.2 Å². The number of allylic oxidation sites excluding steroid dienone is 1. The largest absolute Gasteiger partial charge is 0.481 e. The third-order valence-electron chi connectivity index (χ3n) is 7.60. The van der Waals surface area contributed by atoms with E-state index in [9.17, 15) is 9.90 Å². The van der Waals surface area contributed by atoms with Gasteiger partial charge in [-0.3, -0.25) is 9.69 Å². The second kappa shape index (κ2) is 14.4. The zero-order valence-electron chi connectivity index (χ0n) is 21.8. The van der Waals surface area contributed by atoms with Crippen LogP contribution < -0.4 is 0 Å². The number of aliphatic carboxylic acids is 1. The molecule has 0 bridgehead atoms. The van der Waals surface area contributed by atoms with E-state index in [1.807, 2.05) is 36.4 Å². The highest BCUT2D eigenvalue weighted by molar-refractivity contribution is 5.67. The summed E-state index contributed by atoms with van der Waals surface area (Å²) in [5.41, 5.74) is 4.19. The molecule has 0 amide bonds. The number of hydrogen-bond acceptors (Lipinski definition) is 5. The van der Waals surface area contributed by atoms with Crippen LogP contribution in [0.5, 0.6) is 0 Å². The van der Waals surface area contributed by atoms with E-state index in [1.54, 1.807) is 0 Å². The molecular formula is C31H41NO5. The van der Waals surface area contributed by atoms with Crippen molar-refractivity contribution in [3.05, 3.63) is 71.8 Å². The Labute approximate surface area is 220 Å². The zero-order chi connectivity index (χ0) is 25.9. The molecule has 1 aliphatic heterocycles. The van der Waals surface area contributed by atoms with Gasteiger partial charge in [0.05, 0.1) is 32.0 Å². The summed E-state index contributed by atoms with van der Waals surface area (Å²) in [6, 6.07) is 16.7. The van der Waals surface area contributed by atoms with E-state index in [1.165, 1.54) is 25.7 Å². The topological polar surface area (TPSA) is 79.2 Å². The molecule has 6 heteroatoms. The number of carbonyl (C=O) groups is 1. The Morgan fingerprint density at radius 1 is 0.946 bits per heavy atom. The molecule has 37 heavy (non-hydrogen) atoms. The lowest BCUT2D eigenvalue weighted by molar-refractivity contribution is -0.136. The minimum atomic E-state index is -0.776. The van der Waals surface area contributed by atoms with Crippen LogP contribution >= 0.6 is 0 Å². The zero-order valence-corrected chi connectivity index (χ0v) is 21.8. The first kappa shape index (κ1) is 27.5. The van der Waals surface area contributed by atoms with Crippen molar-refractivity contribution >= 4 is 5.97 Å². The van der Waals surface area contributed by atoms with Gasteiger partial charge in [0, 0.05) is 12.5 Å². The van der Waals surface area contributed by atoms with Gasteiger partial charge in [-0.2, -0.15) is 0 Å². The first-order valence-corrected chi connectivity index (χ1v) is 13.8. The molecule has 1 aliphatic carbocycles. The maximum Gasteiger partial charge on any atom is 0.303 e. The normalized spacial score (nSPS) is 22.9. The summed E-state index contributed by atoms with van der Waals surface area (Å²) < 4.78 is 12.9. The number of rotatable bonds is 12. The number of carboxylic acid groups (broad SMARTS) is 1. The summed E-state index contributed by atoms with van der Waals surface area (Å²) in [5, 5.41) is 18.5. The lowest BCUT2D eigenvalue weighted by atomic mass is 9.99. The van der Waals surface area contributed by atoms with E-state index in [2.05, 4.69) is 29.2 Å². The van der Waals surface area contributed by atoms with Gasteiger partial charge < -0.3 is 19.7 Å². The minimum Gasteiger partial charge on any atom is -0.481 e. The highest BCUT2D eigenvalue weighted by Gasteiger charge is 2.40. The van der Waals surface area contributed by atoms with Crippen molar-refractivity contribution in [3.8, 4) is 11.1 Å². The Kier molecular flexibility index (Phi) is 10.7. The van der Waals surface area contributed by atoms with Crippen LogP contribution in [0.4, 0.5) is 0 Å². The maximum absolute atomic E-state index is 10.7. The lowest BCUT2D eigenvalue weighted by Gasteiger charge is -2.33. The molecule has 0 spiro atoms. The molecule has 2 aliphatic rings. The Balaban J connectivity index is 1.37. The van der Waals surface area contributed by atoms with Gasteiger partial charge in [-0.25, -0.2) is 0 Å². The van der Waals surface area contributed by atoms with Crippen LogP contribution in [0, 0.1) is 0 Å². The van der Waals surface area contributed by atoms with E-state index in [0.717, 1.165) is 48.2 Å². The molecule has 1 heterocycles. The Morgan fingerprint density at radius 2 is 1.70 bits per heavy atom. The predicted octanol–water partition coefficient (Wildman–Crippen LogP) is 5.58. The van der Waals surface area contributed by atoms with Gasteiger partial charge in [0.1, 0.15) is 0 Å². The number of aliphatic hydroxyl groups is 1. The molecule has 0 radical (unpaired) electrons. The predicted molar refractivity (Wildman–Crippen MR) is 145 cm³/mol. The van der Waals surface area contributed by atoms with E-state index in [4.69, 9.17) is 14.6 Å². The molecule has 2 fully saturated rings. The van der Waals surface area contributed by atoms with Crippen LogP contribution in [-0.2, 0) is 27.5 Å². The van der Waals surface area contributed by atoms with Crippen LogP contribution in [0.2, 0.25) is 0 Å². The van der Waals surface area contributed by atoms with Crippen LogP contribution in [0.3, 0.4) is 0 Å². The second-order valence-electron chi connectivity index (χ2n) is 10.2. The summed E-state index contributed by atoms with van der Waals surface area (Å²) in [4.78, 5) is 13.4. The summed E-state index contributed by atoms with van der Waals surface area (Å²) in [7, 11) is 0. The van der Waals surface area contributed by atoms with Crippen LogP contribution in [0.15, 0.2) is 60.7 Å². The fourth-order valence-electron chi connectivity index (χ4n) is 5.61. The molecule has 2 N–H and O–H groups in total. The number of likely N-dealkylation sites (tertiary alicyclic amines) is 1. The van der Waals surface area contributed by atoms with Crippen molar-refractivity contribution in [2.24, 2.45) is 0 Å². The third-order valence-corrected chi connectivity index (χ3v) is 7.60. The van der Waals surface area contributed by atoms with Crippen molar-refractivity contribution in [1.82, 2.24) is 4.90 Å². The molecule has 200 valence electrons. The Morgan fingerprint density at radius 3 is 2.43 bits per heavy atom. The number of nitrogens with zero attached hydrogens (tertiary/aromatic N) is 1. The SMILES string of the molecule is O=C(O)CC/C=C\CO[C@H]1[C@@H](OCc2ccc(-c3ccccc3CO)cc2)CC[C@@H]1N1CCCCCC1. The Hall–Kier alpha value is -2.51. The first-order chi connectivity index (χ1) is 18.2. The van der Waals surface area contributed by atoms with Crippen molar-refractivity contribution in [2.75, 3.05) is 19.7 Å². The molecule has 1 saturated carbocycles. The highest BCUT2D eigenvalue weighted by atomic mass is 16.5. The molecule has 3 atom stereocenters. The van der Waals surface area contributed by atoms with Crippen LogP contribution in [-0.4, -0.2) is 59.0 Å². The summed E-state index contributed by atoms with van der Waals surface area (Å²) in [6.45, 7) is 3.29. The molecule has 0 aromatic heterocycles. The maximum atomic E-state index is 10.7. The summed E-state index contributed by atoms with van der Waals surface area (Å²) >= 11 is 0. The number of carboxylic acids is 1. The number of ether oxygens (including phenoxy) is 2. The van der Waals surface area contributed by atoms with Gasteiger partial charge in [0.2, 0.25) is 0 Å². The fraction of sp³-hybridized carbons (Fsp3) is 0.516. The van der Waals surface area contributed by atoms with Crippen molar-refractivity contribution in [2.45, 2.75) is 82.8 Å². The monoisotopic (exact) mass is 507 g/mol.